The van der Waals surface area contributed by atoms with Crippen LogP contribution in [0.1, 0.15) is 54.4 Å². The molecule has 0 aromatic rings. The van der Waals surface area contributed by atoms with Crippen molar-refractivity contribution in [2.24, 2.45) is 34.5 Å². The van der Waals surface area contributed by atoms with E-state index in [1.54, 1.807) is 27.7 Å². The average Bonchev–Trinajstić information content (AvgIpc) is 3.42. The van der Waals surface area contributed by atoms with Gasteiger partial charge in [-0.3, -0.25) is 29.4 Å². The molecule has 0 aromatic heterocycles. The molecule has 4 aliphatic rings. The Kier molecular flexibility index (Phi) is 7.64. The zero-order chi connectivity index (χ0) is 30.1. The molecule has 4 rings (SSSR count). The number of hydrogen-bond donors (Lipinski definition) is 3. The number of halogens is 4. The molecule has 2 aliphatic heterocycles. The van der Waals surface area contributed by atoms with E-state index < -0.39 is 70.9 Å². The normalized spacial score (nSPS) is 32.9. The Labute approximate surface area is 236 Å². The molecule has 3 N–H and O–H groups in total. The van der Waals surface area contributed by atoms with Gasteiger partial charge in [-0.25, -0.2) is 18.2 Å². The first kappa shape index (κ1) is 30.4. The number of fused-ring (bicyclic) bond motifs is 1. The van der Waals surface area contributed by atoms with Crippen LogP contribution in [0.3, 0.4) is 0 Å². The largest absolute Gasteiger partial charge is 0.353 e. The van der Waals surface area contributed by atoms with Crippen LogP contribution in [0.4, 0.5) is 13.2 Å². The van der Waals surface area contributed by atoms with Crippen LogP contribution in [-0.2, 0) is 24.0 Å². The Bertz CT molecular complexity index is 1110. The topological polar surface area (TPSA) is 128 Å². The zero-order valence-corrected chi connectivity index (χ0v) is 24.2. The molecule has 0 bridgehead atoms. The minimum Gasteiger partial charge on any atom is -0.353 e. The van der Waals surface area contributed by atoms with Crippen LogP contribution in [0, 0.1) is 34.5 Å². The zero-order valence-electron chi connectivity index (χ0n) is 23.4. The summed E-state index contributed by atoms with van der Waals surface area (Å²) < 4.78 is 41.0. The number of carbonyl (C=O) groups is 5. The Hall–Kier alpha value is -2.57. The molecule has 0 spiro atoms. The van der Waals surface area contributed by atoms with Gasteiger partial charge in [0.05, 0.1) is 12.5 Å². The van der Waals surface area contributed by atoms with E-state index in [4.69, 9.17) is 11.6 Å². The van der Waals surface area contributed by atoms with Crippen LogP contribution >= 0.6 is 11.6 Å². The van der Waals surface area contributed by atoms with Gasteiger partial charge in [0.15, 0.2) is 0 Å². The average molecular weight is 592 g/mol. The number of piperidine rings is 1. The summed E-state index contributed by atoms with van der Waals surface area (Å²) in [5, 5.41) is 5.86. The highest BCUT2D eigenvalue weighted by Crippen LogP contribution is 2.65. The number of rotatable bonds is 7. The number of hydrazine groups is 1. The fourth-order valence-electron chi connectivity index (χ4n) is 6.21. The van der Waals surface area contributed by atoms with Gasteiger partial charge in [-0.1, -0.05) is 46.2 Å². The van der Waals surface area contributed by atoms with E-state index >= 15 is 0 Å². The molecular weight excluding hydrogens is 555 g/mol. The molecule has 0 radical (unpaired) electrons. The summed E-state index contributed by atoms with van der Waals surface area (Å²) in [5.74, 6) is -9.61. The minimum atomic E-state index is -3.11. The third kappa shape index (κ3) is 5.62. The molecule has 2 heterocycles. The van der Waals surface area contributed by atoms with Crippen molar-refractivity contribution in [3.05, 3.63) is 0 Å². The highest BCUT2D eigenvalue weighted by molar-refractivity contribution is 6.29. The van der Waals surface area contributed by atoms with Crippen molar-refractivity contribution in [2.75, 3.05) is 13.1 Å². The highest BCUT2D eigenvalue weighted by Gasteiger charge is 2.70. The predicted octanol–water partition coefficient (Wildman–Crippen LogP) is 1.57. The molecule has 0 aromatic carbocycles. The fraction of sp³-hybridized carbons (Fsp3) is 0.808. The van der Waals surface area contributed by atoms with Gasteiger partial charge in [0.1, 0.15) is 18.0 Å². The maximum absolute atomic E-state index is 13.9. The smallest absolute Gasteiger partial charge is 0.291 e. The van der Waals surface area contributed by atoms with Gasteiger partial charge in [0.2, 0.25) is 17.7 Å². The Morgan fingerprint density at radius 3 is 2.27 bits per heavy atom. The third-order valence-corrected chi connectivity index (χ3v) is 8.99. The lowest BCUT2D eigenvalue weighted by Gasteiger charge is -2.38. The maximum atomic E-state index is 13.9. The number of hydrogen-bond acceptors (Lipinski definition) is 5. The van der Waals surface area contributed by atoms with Crippen LogP contribution in [-0.4, -0.2) is 82.2 Å². The number of amides is 5. The van der Waals surface area contributed by atoms with Crippen LogP contribution in [0.2, 0.25) is 0 Å². The van der Waals surface area contributed by atoms with Crippen molar-refractivity contribution in [3.63, 3.8) is 0 Å². The second-order valence-corrected chi connectivity index (χ2v) is 13.7. The van der Waals surface area contributed by atoms with Gasteiger partial charge >= 0.3 is 0 Å². The molecule has 10 nitrogen and oxygen atoms in total. The van der Waals surface area contributed by atoms with Crippen molar-refractivity contribution < 1.29 is 37.1 Å². The number of alkyl halides is 4. The van der Waals surface area contributed by atoms with Crippen molar-refractivity contribution in [1.82, 2.24) is 26.0 Å². The molecule has 0 unspecified atom stereocenters. The first-order valence-corrected chi connectivity index (χ1v) is 13.9. The van der Waals surface area contributed by atoms with Gasteiger partial charge in [-0.05, 0) is 36.0 Å². The van der Waals surface area contributed by atoms with Gasteiger partial charge in [0.25, 0.3) is 23.4 Å². The van der Waals surface area contributed by atoms with Gasteiger partial charge in [0, 0.05) is 19.0 Å². The summed E-state index contributed by atoms with van der Waals surface area (Å²) in [6.07, 6.45) is -0.231. The van der Waals surface area contributed by atoms with E-state index in [1.165, 1.54) is 4.90 Å². The number of likely N-dealkylation sites (tertiary alicyclic amines) is 1. The summed E-state index contributed by atoms with van der Waals surface area (Å²) in [7, 11) is 0. The van der Waals surface area contributed by atoms with Crippen molar-refractivity contribution in [2.45, 2.75) is 84.1 Å². The van der Waals surface area contributed by atoms with Crippen molar-refractivity contribution in [3.8, 4) is 0 Å². The van der Waals surface area contributed by atoms with Crippen molar-refractivity contribution in [1.29, 1.82) is 0 Å². The molecule has 4 fully saturated rings. The van der Waals surface area contributed by atoms with E-state index in [9.17, 15) is 37.1 Å². The molecule has 2 saturated carbocycles. The molecule has 14 heteroatoms. The SMILES string of the molecule is C[C@@H]1C[C@H](CN(NC(=O)[C@@H]2[C@@H]3[C@H](CN2C(=O)[C@@H](NC(=O)[C@@H]2CC2(F)F)C(C)(C)C)C3(C)C)C(=O)[C@@H](F)Cl)C(=O)N1. The monoisotopic (exact) mass is 591 g/mol. The summed E-state index contributed by atoms with van der Waals surface area (Å²) >= 11 is 5.40. The van der Waals surface area contributed by atoms with Crippen LogP contribution in [0.15, 0.2) is 0 Å². The number of carbonyl (C=O) groups excluding carboxylic acids is 5. The first-order chi connectivity index (χ1) is 18.3. The van der Waals surface area contributed by atoms with Crippen LogP contribution in [0.25, 0.3) is 0 Å². The van der Waals surface area contributed by atoms with E-state index in [0.29, 0.717) is 11.4 Å². The summed E-state index contributed by atoms with van der Waals surface area (Å²) in [4.78, 5) is 66.2. The van der Waals surface area contributed by atoms with Gasteiger partial charge in [-0.15, -0.1) is 0 Å². The van der Waals surface area contributed by atoms with Gasteiger partial charge in [-0.2, -0.15) is 0 Å². The fourth-order valence-corrected chi connectivity index (χ4v) is 6.33. The van der Waals surface area contributed by atoms with E-state index in [-0.39, 0.29) is 42.3 Å². The number of nitrogens with one attached hydrogen (secondary N) is 3. The van der Waals surface area contributed by atoms with Gasteiger partial charge < -0.3 is 15.5 Å². The lowest BCUT2D eigenvalue weighted by atomic mass is 9.85. The quantitative estimate of drug-likeness (QED) is 0.306. The molecule has 224 valence electrons. The summed E-state index contributed by atoms with van der Waals surface area (Å²) in [6, 6.07) is -2.46. The predicted molar refractivity (Wildman–Crippen MR) is 137 cm³/mol. The van der Waals surface area contributed by atoms with Crippen LogP contribution in [0.5, 0.6) is 0 Å². The Morgan fingerprint density at radius 2 is 1.80 bits per heavy atom. The molecule has 2 saturated heterocycles. The lowest BCUT2D eigenvalue weighted by molar-refractivity contribution is -0.151. The first-order valence-electron chi connectivity index (χ1n) is 13.5. The van der Waals surface area contributed by atoms with E-state index in [1.807, 2.05) is 13.8 Å². The third-order valence-electron chi connectivity index (χ3n) is 8.80. The molecule has 8 atom stereocenters. The molecule has 40 heavy (non-hydrogen) atoms. The Morgan fingerprint density at radius 1 is 1.20 bits per heavy atom. The van der Waals surface area contributed by atoms with Crippen LogP contribution < -0.4 is 16.1 Å². The standard InChI is InChI=1S/C26H37ClF3N5O5/c1-11-7-12(19(36)31-11)9-35(23(40)18(27)28)33-21(38)16-15-14(25(15,5)6)10-34(16)22(39)17(24(2,3)4)32-20(37)13-8-26(13,29)30/h11-18H,7-10H2,1-6H3,(H,31,36)(H,32,37)(H,33,38)/t11-,12-,13+,14+,15+,16+,17-,18-/m1/s1. The highest BCUT2D eigenvalue weighted by atomic mass is 35.5. The maximum Gasteiger partial charge on any atom is 0.291 e. The Balaban J connectivity index is 1.56. The second-order valence-electron chi connectivity index (χ2n) is 13.3. The summed E-state index contributed by atoms with van der Waals surface area (Å²) in [5.41, 5.74) is -1.28. The van der Waals surface area contributed by atoms with E-state index in [0.717, 1.165) is 0 Å². The summed E-state index contributed by atoms with van der Waals surface area (Å²) in [6.45, 7) is 10.5. The van der Waals surface area contributed by atoms with Crippen molar-refractivity contribution >= 4 is 41.1 Å². The second kappa shape index (κ2) is 10.1. The lowest BCUT2D eigenvalue weighted by Crippen LogP contribution is -2.61. The molecule has 5 amide bonds. The minimum absolute atomic E-state index is 0.0659. The molecular formula is C26H37ClF3N5O5. The molecule has 2 aliphatic carbocycles. The number of nitrogens with zero attached hydrogens (tertiary/aromatic N) is 2. The van der Waals surface area contributed by atoms with E-state index in [2.05, 4.69) is 16.1 Å².